The summed E-state index contributed by atoms with van der Waals surface area (Å²) >= 11 is 0. The monoisotopic (exact) mass is 368 g/mol. The number of amides is 2. The average Bonchev–Trinajstić information content (AvgIpc) is 2.90. The molecule has 1 saturated heterocycles. The highest BCUT2D eigenvalue weighted by molar-refractivity contribution is 5.89. The number of aromatic nitrogens is 2. The molecule has 0 unspecified atom stereocenters. The molecule has 0 saturated carbocycles. The largest absolute Gasteiger partial charge is 0.381 e. The summed E-state index contributed by atoms with van der Waals surface area (Å²) in [6.07, 6.45) is 6.48. The van der Waals surface area contributed by atoms with Gasteiger partial charge < -0.3 is 20.4 Å². The summed E-state index contributed by atoms with van der Waals surface area (Å²) in [6, 6.07) is 8.13. The van der Waals surface area contributed by atoms with Crippen molar-refractivity contribution < 1.29 is 4.79 Å². The molecule has 1 fully saturated rings. The van der Waals surface area contributed by atoms with Crippen molar-refractivity contribution in [2.45, 2.75) is 32.2 Å². The van der Waals surface area contributed by atoms with Gasteiger partial charge in [0, 0.05) is 38.9 Å². The number of rotatable bonds is 4. The lowest BCUT2D eigenvalue weighted by molar-refractivity contribution is 0.213. The molecule has 2 aromatic rings. The summed E-state index contributed by atoms with van der Waals surface area (Å²) in [6.45, 7) is 3.42. The van der Waals surface area contributed by atoms with Gasteiger partial charge in [0.05, 0.1) is 23.8 Å². The Kier molecular flexibility index (Phi) is 6.11. The minimum atomic E-state index is -0.0571. The van der Waals surface area contributed by atoms with E-state index in [9.17, 15) is 4.79 Å². The topological polar surface area (TPSA) is 73.4 Å². The van der Waals surface area contributed by atoms with Crippen molar-refractivity contribution in [2.75, 3.05) is 42.7 Å². The van der Waals surface area contributed by atoms with E-state index in [1.807, 2.05) is 55.2 Å². The molecule has 27 heavy (non-hydrogen) atoms. The van der Waals surface area contributed by atoms with Crippen LogP contribution in [0.5, 0.6) is 0 Å². The van der Waals surface area contributed by atoms with E-state index in [1.165, 1.54) is 0 Å². The van der Waals surface area contributed by atoms with Crippen LogP contribution in [-0.4, -0.2) is 54.1 Å². The standard InChI is InChI=1S/C20H28N6O/c1-15-6-7-18(13-21-15)24-20(27)26-11-4-5-16(10-12-26)23-17-8-9-19(22-14-17)25(2)3/h6-9,13-14,16,23H,4-5,10-12H2,1-3H3,(H,24,27)/t16-/m0/s1. The minimum absolute atomic E-state index is 0.0571. The van der Waals surface area contributed by atoms with Crippen LogP contribution < -0.4 is 15.5 Å². The van der Waals surface area contributed by atoms with Gasteiger partial charge in [-0.3, -0.25) is 4.98 Å². The van der Waals surface area contributed by atoms with Crippen molar-refractivity contribution in [2.24, 2.45) is 0 Å². The predicted octanol–water partition coefficient (Wildman–Crippen LogP) is 3.35. The molecule has 3 heterocycles. The third-order valence-electron chi connectivity index (χ3n) is 4.75. The number of nitrogens with one attached hydrogen (secondary N) is 2. The van der Waals surface area contributed by atoms with Crippen LogP contribution in [0, 0.1) is 6.92 Å². The fraction of sp³-hybridized carbons (Fsp3) is 0.450. The summed E-state index contributed by atoms with van der Waals surface area (Å²) in [4.78, 5) is 25.1. The molecule has 0 aromatic carbocycles. The molecule has 1 aliphatic heterocycles. The first-order valence-electron chi connectivity index (χ1n) is 9.40. The van der Waals surface area contributed by atoms with Gasteiger partial charge in [-0.1, -0.05) is 0 Å². The van der Waals surface area contributed by atoms with Crippen LogP contribution in [0.25, 0.3) is 0 Å². The van der Waals surface area contributed by atoms with Gasteiger partial charge in [0.25, 0.3) is 0 Å². The third kappa shape index (κ3) is 5.32. The molecule has 0 aliphatic carbocycles. The summed E-state index contributed by atoms with van der Waals surface area (Å²) in [7, 11) is 3.96. The molecule has 2 aromatic heterocycles. The van der Waals surface area contributed by atoms with Gasteiger partial charge in [-0.2, -0.15) is 0 Å². The number of carbonyl (C=O) groups is 1. The number of aryl methyl sites for hydroxylation is 1. The number of likely N-dealkylation sites (tertiary alicyclic amines) is 1. The second-order valence-electron chi connectivity index (χ2n) is 7.18. The van der Waals surface area contributed by atoms with Gasteiger partial charge in [-0.15, -0.1) is 0 Å². The quantitative estimate of drug-likeness (QED) is 0.866. The van der Waals surface area contributed by atoms with E-state index in [4.69, 9.17) is 0 Å². The second kappa shape index (κ2) is 8.70. The van der Waals surface area contributed by atoms with E-state index in [2.05, 4.69) is 26.7 Å². The van der Waals surface area contributed by atoms with Gasteiger partial charge in [-0.05, 0) is 50.5 Å². The molecule has 2 amide bonds. The maximum absolute atomic E-state index is 12.5. The minimum Gasteiger partial charge on any atom is -0.381 e. The Labute approximate surface area is 160 Å². The Morgan fingerprint density at radius 2 is 1.85 bits per heavy atom. The second-order valence-corrected chi connectivity index (χ2v) is 7.18. The molecule has 1 atom stereocenters. The van der Waals surface area contributed by atoms with Crippen molar-refractivity contribution >= 4 is 23.2 Å². The van der Waals surface area contributed by atoms with Crippen LogP contribution in [-0.2, 0) is 0 Å². The van der Waals surface area contributed by atoms with Gasteiger partial charge >= 0.3 is 6.03 Å². The Morgan fingerprint density at radius 3 is 2.52 bits per heavy atom. The molecule has 144 valence electrons. The molecule has 1 aliphatic rings. The molecule has 0 bridgehead atoms. The van der Waals surface area contributed by atoms with Crippen LogP contribution in [0.2, 0.25) is 0 Å². The maximum Gasteiger partial charge on any atom is 0.321 e. The highest BCUT2D eigenvalue weighted by Crippen LogP contribution is 2.19. The van der Waals surface area contributed by atoms with Crippen LogP contribution >= 0.6 is 0 Å². The van der Waals surface area contributed by atoms with Crippen LogP contribution in [0.15, 0.2) is 36.7 Å². The molecule has 3 rings (SSSR count). The summed E-state index contributed by atoms with van der Waals surface area (Å²) in [5.74, 6) is 0.940. The molecule has 0 radical (unpaired) electrons. The van der Waals surface area contributed by atoms with E-state index in [0.29, 0.717) is 6.04 Å². The normalized spacial score (nSPS) is 17.1. The Balaban J connectivity index is 1.52. The third-order valence-corrected chi connectivity index (χ3v) is 4.75. The Hall–Kier alpha value is -2.83. The van der Waals surface area contributed by atoms with Gasteiger partial charge in [-0.25, -0.2) is 9.78 Å². The lowest BCUT2D eigenvalue weighted by Crippen LogP contribution is -2.36. The van der Waals surface area contributed by atoms with E-state index in [1.54, 1.807) is 6.20 Å². The van der Waals surface area contributed by atoms with Gasteiger partial charge in [0.15, 0.2) is 0 Å². The van der Waals surface area contributed by atoms with Crippen molar-refractivity contribution in [3.8, 4) is 0 Å². The zero-order valence-corrected chi connectivity index (χ0v) is 16.3. The highest BCUT2D eigenvalue weighted by atomic mass is 16.2. The Morgan fingerprint density at radius 1 is 1.07 bits per heavy atom. The number of nitrogens with zero attached hydrogens (tertiary/aromatic N) is 4. The summed E-state index contributed by atoms with van der Waals surface area (Å²) in [5.41, 5.74) is 2.69. The van der Waals surface area contributed by atoms with Crippen molar-refractivity contribution in [1.82, 2.24) is 14.9 Å². The number of hydrogen-bond donors (Lipinski definition) is 2. The predicted molar refractivity (Wildman–Crippen MR) is 109 cm³/mol. The lowest BCUT2D eigenvalue weighted by atomic mass is 10.1. The first-order chi connectivity index (χ1) is 13.0. The first kappa shape index (κ1) is 18.9. The smallest absolute Gasteiger partial charge is 0.321 e. The summed E-state index contributed by atoms with van der Waals surface area (Å²) in [5, 5.41) is 6.49. The molecule has 7 heteroatoms. The van der Waals surface area contributed by atoms with E-state index in [-0.39, 0.29) is 6.03 Å². The van der Waals surface area contributed by atoms with Crippen LogP contribution in [0.3, 0.4) is 0 Å². The van der Waals surface area contributed by atoms with Crippen molar-refractivity contribution in [3.63, 3.8) is 0 Å². The highest BCUT2D eigenvalue weighted by Gasteiger charge is 2.20. The number of pyridine rings is 2. The Bertz CT molecular complexity index is 744. The fourth-order valence-electron chi connectivity index (χ4n) is 3.16. The number of hydrogen-bond acceptors (Lipinski definition) is 5. The van der Waals surface area contributed by atoms with E-state index in [0.717, 1.165) is 55.2 Å². The molecular formula is C20H28N6O. The lowest BCUT2D eigenvalue weighted by Gasteiger charge is -2.21. The maximum atomic E-state index is 12.5. The number of anilines is 3. The summed E-state index contributed by atoms with van der Waals surface area (Å²) < 4.78 is 0. The van der Waals surface area contributed by atoms with Gasteiger partial charge in [0.2, 0.25) is 0 Å². The van der Waals surface area contributed by atoms with Gasteiger partial charge in [0.1, 0.15) is 5.82 Å². The SMILES string of the molecule is Cc1ccc(NC(=O)N2CCC[C@H](Nc3ccc(N(C)C)nc3)CC2)cn1. The molecular weight excluding hydrogens is 340 g/mol. The zero-order chi connectivity index (χ0) is 19.2. The molecule has 2 N–H and O–H groups in total. The van der Waals surface area contributed by atoms with E-state index < -0.39 is 0 Å². The van der Waals surface area contributed by atoms with Crippen LogP contribution in [0.1, 0.15) is 25.0 Å². The van der Waals surface area contributed by atoms with Crippen molar-refractivity contribution in [3.05, 3.63) is 42.4 Å². The number of urea groups is 1. The zero-order valence-electron chi connectivity index (χ0n) is 16.3. The first-order valence-corrected chi connectivity index (χ1v) is 9.40. The fourth-order valence-corrected chi connectivity index (χ4v) is 3.16. The van der Waals surface area contributed by atoms with E-state index >= 15 is 0 Å². The number of carbonyl (C=O) groups excluding carboxylic acids is 1. The average molecular weight is 368 g/mol. The molecule has 0 spiro atoms. The molecule has 7 nitrogen and oxygen atoms in total. The van der Waals surface area contributed by atoms with Crippen molar-refractivity contribution in [1.29, 1.82) is 0 Å². The van der Waals surface area contributed by atoms with Crippen LogP contribution in [0.4, 0.5) is 22.0 Å².